The molecule has 2 aliphatic rings. The third kappa shape index (κ3) is 3.14. The Balaban J connectivity index is 1.46. The summed E-state index contributed by atoms with van der Waals surface area (Å²) in [6.45, 7) is 3.03. The number of hydrogen-bond donors (Lipinski definition) is 0. The van der Waals surface area contributed by atoms with Crippen molar-refractivity contribution in [1.29, 1.82) is 0 Å². The van der Waals surface area contributed by atoms with E-state index in [1.807, 2.05) is 23.1 Å². The molecule has 0 bridgehead atoms. The number of anilines is 1. The fourth-order valence-electron chi connectivity index (χ4n) is 3.78. The Morgan fingerprint density at radius 3 is 2.88 bits per heavy atom. The fraction of sp³-hybridized carbons (Fsp3) is 0.444. The summed E-state index contributed by atoms with van der Waals surface area (Å²) in [5.74, 6) is 2.05. The van der Waals surface area contributed by atoms with Gasteiger partial charge in [0.25, 0.3) is 0 Å². The van der Waals surface area contributed by atoms with Gasteiger partial charge in [0.05, 0.1) is 13.0 Å². The van der Waals surface area contributed by atoms with E-state index >= 15 is 0 Å². The van der Waals surface area contributed by atoms with Crippen LogP contribution in [0.15, 0.2) is 36.9 Å². The lowest BCUT2D eigenvalue weighted by molar-refractivity contribution is -0.140. The molecule has 0 aliphatic carbocycles. The van der Waals surface area contributed by atoms with Gasteiger partial charge in [-0.25, -0.2) is 9.97 Å². The first-order chi connectivity index (χ1) is 12.2. The number of methoxy groups -OCH3 is 1. The Labute approximate surface area is 146 Å². The molecule has 0 unspecified atom stereocenters. The first-order valence-corrected chi connectivity index (χ1v) is 8.53. The van der Waals surface area contributed by atoms with Gasteiger partial charge in [-0.05, 0) is 30.0 Å². The maximum atomic E-state index is 12.9. The van der Waals surface area contributed by atoms with Crippen LogP contribution in [0.2, 0.25) is 0 Å². The molecule has 0 saturated carbocycles. The molecule has 2 aromatic heterocycles. The average Bonchev–Trinajstić information content (AvgIpc) is 3.10. The minimum Gasteiger partial charge on any atom is -0.481 e. The highest BCUT2D eigenvalue weighted by molar-refractivity contribution is 5.81. The van der Waals surface area contributed by atoms with Gasteiger partial charge in [0, 0.05) is 44.6 Å². The highest BCUT2D eigenvalue weighted by atomic mass is 16.5. The molecule has 4 heterocycles. The van der Waals surface area contributed by atoms with E-state index in [1.54, 1.807) is 19.5 Å². The summed E-state index contributed by atoms with van der Waals surface area (Å²) >= 11 is 0. The van der Waals surface area contributed by atoms with Crippen molar-refractivity contribution in [3.05, 3.63) is 42.5 Å². The third-order valence-electron chi connectivity index (χ3n) is 5.12. The molecule has 0 spiro atoms. The van der Waals surface area contributed by atoms with E-state index in [0.29, 0.717) is 24.9 Å². The number of piperidine rings is 1. The molecule has 4 rings (SSSR count). The molecule has 0 aromatic carbocycles. The summed E-state index contributed by atoms with van der Waals surface area (Å²) < 4.78 is 5.18. The average molecular weight is 339 g/mol. The number of carbonyl (C=O) groups excluding carboxylic acids is 1. The molecular weight excluding hydrogens is 318 g/mol. The number of ether oxygens (including phenoxy) is 1. The maximum Gasteiger partial charge on any atom is 0.228 e. The van der Waals surface area contributed by atoms with Crippen molar-refractivity contribution in [1.82, 2.24) is 19.9 Å². The predicted octanol–water partition coefficient (Wildman–Crippen LogP) is 1.37. The maximum absolute atomic E-state index is 12.9. The van der Waals surface area contributed by atoms with Gasteiger partial charge in [-0.2, -0.15) is 0 Å². The third-order valence-corrected chi connectivity index (χ3v) is 5.12. The minimum atomic E-state index is 0.0385. The summed E-state index contributed by atoms with van der Waals surface area (Å²) in [7, 11) is 1.59. The molecule has 2 fully saturated rings. The van der Waals surface area contributed by atoms with Crippen LogP contribution in [0.1, 0.15) is 12.0 Å². The van der Waals surface area contributed by atoms with Crippen LogP contribution in [0.25, 0.3) is 0 Å². The summed E-state index contributed by atoms with van der Waals surface area (Å²) in [6.07, 6.45) is 6.08. The van der Waals surface area contributed by atoms with Gasteiger partial charge in [0.1, 0.15) is 12.1 Å². The summed E-state index contributed by atoms with van der Waals surface area (Å²) in [4.78, 5) is 29.5. The zero-order chi connectivity index (χ0) is 17.2. The first kappa shape index (κ1) is 15.8. The van der Waals surface area contributed by atoms with Crippen molar-refractivity contribution < 1.29 is 9.53 Å². The highest BCUT2D eigenvalue weighted by Gasteiger charge is 2.43. The molecule has 7 nitrogen and oxygen atoms in total. The Bertz CT molecular complexity index is 754. The zero-order valence-electron chi connectivity index (χ0n) is 14.2. The van der Waals surface area contributed by atoms with E-state index in [9.17, 15) is 4.79 Å². The topological polar surface area (TPSA) is 71.5 Å². The number of carbonyl (C=O) groups is 1. The zero-order valence-corrected chi connectivity index (χ0v) is 14.2. The highest BCUT2D eigenvalue weighted by Crippen LogP contribution is 2.35. The molecule has 2 aromatic rings. The molecule has 1 amide bonds. The Morgan fingerprint density at radius 1 is 1.24 bits per heavy atom. The van der Waals surface area contributed by atoms with Crippen molar-refractivity contribution >= 4 is 11.7 Å². The summed E-state index contributed by atoms with van der Waals surface area (Å²) in [6, 6.07) is 5.76. The number of pyridine rings is 1. The van der Waals surface area contributed by atoms with Crippen LogP contribution in [0.5, 0.6) is 5.88 Å². The lowest BCUT2D eigenvalue weighted by Crippen LogP contribution is -2.44. The molecular formula is C18H21N5O2. The molecule has 2 aliphatic heterocycles. The van der Waals surface area contributed by atoms with Gasteiger partial charge in [0.2, 0.25) is 11.8 Å². The number of nitrogens with zero attached hydrogens (tertiary/aromatic N) is 5. The number of likely N-dealkylation sites (tertiary alicyclic amines) is 1. The smallest absolute Gasteiger partial charge is 0.228 e. The molecule has 0 radical (unpaired) electrons. The number of hydrogen-bond acceptors (Lipinski definition) is 6. The minimum absolute atomic E-state index is 0.0385. The molecule has 25 heavy (non-hydrogen) atoms. The van der Waals surface area contributed by atoms with E-state index in [-0.39, 0.29) is 11.8 Å². The molecule has 2 saturated heterocycles. The SMILES string of the molecule is COc1cc(N2C[C@@H]3CCN(Cc4ccncc4)C(=O)[C@H]3C2)ncn1. The van der Waals surface area contributed by atoms with Gasteiger partial charge >= 0.3 is 0 Å². The summed E-state index contributed by atoms with van der Waals surface area (Å²) in [5, 5.41) is 0. The molecule has 130 valence electrons. The molecule has 2 atom stereocenters. The number of fused-ring (bicyclic) bond motifs is 1. The van der Waals surface area contributed by atoms with Crippen LogP contribution < -0.4 is 9.64 Å². The van der Waals surface area contributed by atoms with Crippen molar-refractivity contribution in [2.45, 2.75) is 13.0 Å². The second-order valence-corrected chi connectivity index (χ2v) is 6.59. The van der Waals surface area contributed by atoms with Crippen LogP contribution in [0.3, 0.4) is 0 Å². The van der Waals surface area contributed by atoms with Crippen molar-refractivity contribution in [2.24, 2.45) is 11.8 Å². The standard InChI is InChI=1S/C18H21N5O2/c1-25-17-8-16(20-12-21-17)23-10-14-4-7-22(18(24)15(14)11-23)9-13-2-5-19-6-3-13/h2-3,5-6,8,12,14-15H,4,7,9-11H2,1H3/t14-,15-/m0/s1. The van der Waals surface area contributed by atoms with Crippen molar-refractivity contribution in [2.75, 3.05) is 31.6 Å². The Hall–Kier alpha value is -2.70. The fourth-order valence-corrected chi connectivity index (χ4v) is 3.78. The quantitative estimate of drug-likeness (QED) is 0.838. The van der Waals surface area contributed by atoms with Crippen LogP contribution in [-0.4, -0.2) is 52.5 Å². The van der Waals surface area contributed by atoms with Crippen LogP contribution in [0, 0.1) is 11.8 Å². The van der Waals surface area contributed by atoms with E-state index < -0.39 is 0 Å². The normalized spacial score (nSPS) is 22.8. The second kappa shape index (κ2) is 6.66. The van der Waals surface area contributed by atoms with Crippen molar-refractivity contribution in [3.63, 3.8) is 0 Å². The Kier molecular flexibility index (Phi) is 4.21. The number of rotatable bonds is 4. The predicted molar refractivity (Wildman–Crippen MR) is 92.0 cm³/mol. The van der Waals surface area contributed by atoms with E-state index in [0.717, 1.165) is 30.9 Å². The number of aromatic nitrogens is 3. The Morgan fingerprint density at radius 2 is 2.08 bits per heavy atom. The largest absolute Gasteiger partial charge is 0.481 e. The van der Waals surface area contributed by atoms with Gasteiger partial charge in [-0.1, -0.05) is 0 Å². The van der Waals surface area contributed by atoms with E-state index in [4.69, 9.17) is 4.74 Å². The molecule has 0 N–H and O–H groups in total. The first-order valence-electron chi connectivity index (χ1n) is 8.53. The lowest BCUT2D eigenvalue weighted by Gasteiger charge is -2.33. The van der Waals surface area contributed by atoms with E-state index in [1.165, 1.54) is 6.33 Å². The van der Waals surface area contributed by atoms with Gasteiger partial charge in [0.15, 0.2) is 0 Å². The second-order valence-electron chi connectivity index (χ2n) is 6.59. The number of amides is 1. The van der Waals surface area contributed by atoms with Gasteiger partial charge in [-0.3, -0.25) is 9.78 Å². The molecule has 7 heteroatoms. The monoisotopic (exact) mass is 339 g/mol. The summed E-state index contributed by atoms with van der Waals surface area (Å²) in [5.41, 5.74) is 1.12. The van der Waals surface area contributed by atoms with Gasteiger partial charge in [-0.15, -0.1) is 0 Å². The van der Waals surface area contributed by atoms with Crippen LogP contribution in [-0.2, 0) is 11.3 Å². The van der Waals surface area contributed by atoms with Crippen molar-refractivity contribution in [3.8, 4) is 5.88 Å². The van der Waals surface area contributed by atoms with Gasteiger partial charge < -0.3 is 14.5 Å². The van der Waals surface area contributed by atoms with E-state index in [2.05, 4.69) is 19.9 Å². The van der Waals surface area contributed by atoms with Crippen LogP contribution in [0.4, 0.5) is 5.82 Å². The van der Waals surface area contributed by atoms with Crippen LogP contribution >= 0.6 is 0 Å². The lowest BCUT2D eigenvalue weighted by atomic mass is 9.88.